The highest BCUT2D eigenvalue weighted by atomic mass is 16.5. The van der Waals surface area contributed by atoms with Crippen molar-refractivity contribution in [2.24, 2.45) is 0 Å². The first-order valence-corrected chi connectivity index (χ1v) is 7.36. The number of aromatic nitrogens is 3. The van der Waals surface area contributed by atoms with Gasteiger partial charge in [-0.15, -0.1) is 10.2 Å². The summed E-state index contributed by atoms with van der Waals surface area (Å²) in [6, 6.07) is 15.7. The molecule has 0 spiro atoms. The molecule has 0 atom stereocenters. The Balaban J connectivity index is 2.15. The predicted octanol–water partition coefficient (Wildman–Crippen LogP) is 3.45. The van der Waals surface area contributed by atoms with Gasteiger partial charge in [-0.3, -0.25) is 4.40 Å². The van der Waals surface area contributed by atoms with Gasteiger partial charge >= 0.3 is 0 Å². The maximum Gasteiger partial charge on any atom is 0.168 e. The summed E-state index contributed by atoms with van der Waals surface area (Å²) in [5, 5.41) is 9.83. The average Bonchev–Trinajstić information content (AvgIpc) is 2.98. The van der Waals surface area contributed by atoms with Gasteiger partial charge in [-0.2, -0.15) is 0 Å². The van der Waals surface area contributed by atoms with E-state index in [9.17, 15) is 0 Å². The van der Waals surface area contributed by atoms with Crippen molar-refractivity contribution in [2.75, 3.05) is 12.8 Å². The molecule has 5 nitrogen and oxygen atoms in total. The number of nitrogens with two attached hydrogens (primary N) is 1. The Bertz CT molecular complexity index is 1020. The molecule has 2 aromatic heterocycles. The van der Waals surface area contributed by atoms with Crippen molar-refractivity contribution in [1.29, 1.82) is 0 Å². The molecule has 0 aliphatic heterocycles. The van der Waals surface area contributed by atoms with Gasteiger partial charge in [-0.1, -0.05) is 12.1 Å². The zero-order valence-corrected chi connectivity index (χ0v) is 12.9. The number of nitrogens with zero attached hydrogens (tertiary/aromatic N) is 3. The minimum Gasteiger partial charge on any atom is -0.495 e. The molecule has 0 amide bonds. The van der Waals surface area contributed by atoms with Crippen LogP contribution in [-0.2, 0) is 0 Å². The molecule has 114 valence electrons. The van der Waals surface area contributed by atoms with E-state index in [-0.39, 0.29) is 0 Å². The van der Waals surface area contributed by atoms with Gasteiger partial charge in [-0.25, -0.2) is 0 Å². The van der Waals surface area contributed by atoms with Gasteiger partial charge in [0.1, 0.15) is 5.75 Å². The van der Waals surface area contributed by atoms with Crippen molar-refractivity contribution < 1.29 is 4.74 Å². The largest absolute Gasteiger partial charge is 0.495 e. The highest BCUT2D eigenvalue weighted by Gasteiger charge is 2.15. The second kappa shape index (κ2) is 4.98. The number of ether oxygens (including phenoxy) is 1. The molecule has 2 N–H and O–H groups in total. The zero-order valence-electron chi connectivity index (χ0n) is 12.9. The summed E-state index contributed by atoms with van der Waals surface area (Å²) in [5.74, 6) is 1.57. The number of aryl methyl sites for hydroxylation is 1. The number of para-hydroxylation sites is 1. The highest BCUT2D eigenvalue weighted by Crippen LogP contribution is 2.32. The van der Waals surface area contributed by atoms with Crippen LogP contribution in [0.2, 0.25) is 0 Å². The van der Waals surface area contributed by atoms with Crippen LogP contribution in [0.1, 0.15) is 5.56 Å². The maximum absolute atomic E-state index is 5.79. The lowest BCUT2D eigenvalue weighted by Gasteiger charge is -2.11. The second-order valence-corrected chi connectivity index (χ2v) is 5.52. The Morgan fingerprint density at radius 1 is 1.04 bits per heavy atom. The van der Waals surface area contributed by atoms with E-state index >= 15 is 0 Å². The van der Waals surface area contributed by atoms with E-state index in [4.69, 9.17) is 10.5 Å². The SMILES string of the molecule is COc1cccc2c(C)cc3nnc(-c4ccc(N)cc4)n3c12. The average molecular weight is 304 g/mol. The van der Waals surface area contributed by atoms with Crippen molar-refractivity contribution in [3.8, 4) is 17.1 Å². The molecule has 0 unspecified atom stereocenters. The molecule has 4 aromatic rings. The van der Waals surface area contributed by atoms with E-state index in [2.05, 4.69) is 23.2 Å². The van der Waals surface area contributed by atoms with Gasteiger partial charge in [0, 0.05) is 16.6 Å². The number of hydrogen-bond donors (Lipinski definition) is 1. The molecule has 0 fully saturated rings. The molecule has 0 saturated carbocycles. The lowest BCUT2D eigenvalue weighted by atomic mass is 10.1. The normalized spacial score (nSPS) is 11.2. The van der Waals surface area contributed by atoms with Crippen molar-refractivity contribution in [1.82, 2.24) is 14.6 Å². The van der Waals surface area contributed by atoms with Crippen molar-refractivity contribution in [3.63, 3.8) is 0 Å². The molecular weight excluding hydrogens is 288 g/mol. The van der Waals surface area contributed by atoms with Crippen LogP contribution >= 0.6 is 0 Å². The Labute approximate surface area is 133 Å². The first kappa shape index (κ1) is 13.6. The summed E-state index contributed by atoms with van der Waals surface area (Å²) in [5.41, 5.74) is 10.4. The number of pyridine rings is 1. The molecule has 0 aliphatic carbocycles. The number of methoxy groups -OCH3 is 1. The van der Waals surface area contributed by atoms with Crippen LogP contribution in [0.4, 0.5) is 5.69 Å². The third kappa shape index (κ3) is 2.01. The maximum atomic E-state index is 5.79. The van der Waals surface area contributed by atoms with Crippen molar-refractivity contribution >= 4 is 22.2 Å². The molecule has 5 heteroatoms. The van der Waals surface area contributed by atoms with Crippen LogP contribution in [0.15, 0.2) is 48.5 Å². The number of rotatable bonds is 2. The van der Waals surface area contributed by atoms with Gasteiger partial charge in [0.05, 0.1) is 12.6 Å². The van der Waals surface area contributed by atoms with Gasteiger partial charge in [0.15, 0.2) is 11.5 Å². The van der Waals surface area contributed by atoms with Crippen LogP contribution in [0.3, 0.4) is 0 Å². The second-order valence-electron chi connectivity index (χ2n) is 5.52. The summed E-state index contributed by atoms with van der Waals surface area (Å²) in [7, 11) is 1.68. The Morgan fingerprint density at radius 2 is 1.83 bits per heavy atom. The van der Waals surface area contributed by atoms with E-state index < -0.39 is 0 Å². The Morgan fingerprint density at radius 3 is 2.57 bits per heavy atom. The first-order valence-electron chi connectivity index (χ1n) is 7.36. The zero-order chi connectivity index (χ0) is 16.0. The molecular formula is C18H16N4O. The van der Waals surface area contributed by atoms with E-state index in [1.165, 1.54) is 0 Å². The topological polar surface area (TPSA) is 65.4 Å². The van der Waals surface area contributed by atoms with Crippen LogP contribution in [0, 0.1) is 6.92 Å². The Hall–Kier alpha value is -3.08. The molecule has 2 heterocycles. The lowest BCUT2D eigenvalue weighted by Crippen LogP contribution is -1.97. The molecule has 4 rings (SSSR count). The molecule has 23 heavy (non-hydrogen) atoms. The molecule has 0 bridgehead atoms. The number of hydrogen-bond acceptors (Lipinski definition) is 4. The van der Waals surface area contributed by atoms with E-state index in [1.54, 1.807) is 7.11 Å². The highest BCUT2D eigenvalue weighted by molar-refractivity contribution is 5.91. The minimum atomic E-state index is 0.723. The summed E-state index contributed by atoms with van der Waals surface area (Å²) in [6.45, 7) is 2.07. The number of nitrogen functional groups attached to an aromatic ring is 1. The third-order valence-electron chi connectivity index (χ3n) is 4.07. The molecule has 2 aromatic carbocycles. The fourth-order valence-corrected chi connectivity index (χ4v) is 2.94. The van der Waals surface area contributed by atoms with E-state index in [0.29, 0.717) is 0 Å². The standard InChI is InChI=1S/C18H16N4O/c1-11-10-16-20-21-18(12-6-8-13(19)9-7-12)22(16)17-14(11)4-3-5-15(17)23-2/h3-10H,19H2,1-2H3. The smallest absolute Gasteiger partial charge is 0.168 e. The van der Waals surface area contributed by atoms with Gasteiger partial charge in [-0.05, 0) is 48.9 Å². The minimum absolute atomic E-state index is 0.723. The fraction of sp³-hybridized carbons (Fsp3) is 0.111. The lowest BCUT2D eigenvalue weighted by molar-refractivity contribution is 0.418. The Kier molecular flexibility index (Phi) is 2.94. The third-order valence-corrected chi connectivity index (χ3v) is 4.07. The van der Waals surface area contributed by atoms with Crippen molar-refractivity contribution in [3.05, 3.63) is 54.1 Å². The van der Waals surface area contributed by atoms with Crippen LogP contribution in [-0.4, -0.2) is 21.7 Å². The van der Waals surface area contributed by atoms with Gasteiger partial charge in [0.2, 0.25) is 0 Å². The molecule has 0 radical (unpaired) electrons. The predicted molar refractivity (Wildman–Crippen MR) is 91.6 cm³/mol. The van der Waals surface area contributed by atoms with Crippen molar-refractivity contribution in [2.45, 2.75) is 6.92 Å². The summed E-state index contributed by atoms with van der Waals surface area (Å²) >= 11 is 0. The van der Waals surface area contributed by atoms with E-state index in [0.717, 1.165) is 44.9 Å². The van der Waals surface area contributed by atoms with Gasteiger partial charge < -0.3 is 10.5 Å². The van der Waals surface area contributed by atoms with Crippen LogP contribution in [0.5, 0.6) is 5.75 Å². The number of fused-ring (bicyclic) bond motifs is 3. The van der Waals surface area contributed by atoms with Gasteiger partial charge in [0.25, 0.3) is 0 Å². The summed E-state index contributed by atoms with van der Waals surface area (Å²) < 4.78 is 7.61. The first-order chi connectivity index (χ1) is 11.2. The molecule has 0 saturated heterocycles. The van der Waals surface area contributed by atoms with E-state index in [1.807, 2.05) is 46.9 Å². The fourth-order valence-electron chi connectivity index (χ4n) is 2.94. The quantitative estimate of drug-likeness (QED) is 0.576. The number of anilines is 1. The monoisotopic (exact) mass is 304 g/mol. The van der Waals surface area contributed by atoms with Crippen LogP contribution < -0.4 is 10.5 Å². The summed E-state index contributed by atoms with van der Waals surface area (Å²) in [4.78, 5) is 0. The number of benzene rings is 2. The summed E-state index contributed by atoms with van der Waals surface area (Å²) in [6.07, 6.45) is 0. The van der Waals surface area contributed by atoms with Crippen LogP contribution in [0.25, 0.3) is 27.9 Å². The molecule has 0 aliphatic rings.